The summed E-state index contributed by atoms with van der Waals surface area (Å²) < 4.78 is 12.9. The van der Waals surface area contributed by atoms with Crippen molar-refractivity contribution in [2.75, 3.05) is 5.32 Å². The molecule has 2 aromatic rings. The summed E-state index contributed by atoms with van der Waals surface area (Å²) in [6.45, 7) is 2.00. The zero-order valence-corrected chi connectivity index (χ0v) is 11.3. The van der Waals surface area contributed by atoms with E-state index >= 15 is 0 Å². The van der Waals surface area contributed by atoms with Crippen LogP contribution in [0.5, 0.6) is 0 Å². The lowest BCUT2D eigenvalue weighted by molar-refractivity contribution is 0.628. The summed E-state index contributed by atoms with van der Waals surface area (Å²) in [5.74, 6) is -0.343. The van der Waals surface area contributed by atoms with E-state index < -0.39 is 0 Å². The molecule has 0 amide bonds. The van der Waals surface area contributed by atoms with Crippen LogP contribution in [0.25, 0.3) is 0 Å². The average molecular weight is 284 g/mol. The highest BCUT2D eigenvalue weighted by atomic mass is 35.5. The lowest BCUT2D eigenvalue weighted by Gasteiger charge is -2.16. The first-order chi connectivity index (χ1) is 8.56. The van der Waals surface area contributed by atoms with Gasteiger partial charge in [0.25, 0.3) is 0 Å². The van der Waals surface area contributed by atoms with Crippen molar-refractivity contribution < 1.29 is 4.39 Å². The molecular weight excluding hydrogens is 272 g/mol. The van der Waals surface area contributed by atoms with Crippen LogP contribution in [0.15, 0.2) is 42.5 Å². The highest BCUT2D eigenvalue weighted by molar-refractivity contribution is 6.33. The molecule has 0 saturated heterocycles. The average Bonchev–Trinajstić information content (AvgIpc) is 2.33. The van der Waals surface area contributed by atoms with E-state index in [-0.39, 0.29) is 11.9 Å². The largest absolute Gasteiger partial charge is 0.377 e. The number of nitrogens with one attached hydrogen (secondary N) is 1. The molecule has 2 aromatic carbocycles. The van der Waals surface area contributed by atoms with Gasteiger partial charge < -0.3 is 5.32 Å². The second-order valence-corrected chi connectivity index (χ2v) is 4.89. The Bertz CT molecular complexity index is 540. The molecule has 0 aromatic heterocycles. The van der Waals surface area contributed by atoms with E-state index in [1.165, 1.54) is 12.1 Å². The standard InChI is InChI=1S/C14H12Cl2FN/c1-9(10-2-4-11(15)5-3-10)18-14-7-6-12(17)8-13(14)16/h2-9,18H,1H3. The first-order valence-electron chi connectivity index (χ1n) is 5.53. The second kappa shape index (κ2) is 5.59. The van der Waals surface area contributed by atoms with Crippen LogP contribution in [0.1, 0.15) is 18.5 Å². The first-order valence-corrected chi connectivity index (χ1v) is 6.29. The second-order valence-electron chi connectivity index (χ2n) is 4.04. The Labute approximate surface area is 116 Å². The summed E-state index contributed by atoms with van der Waals surface area (Å²) in [6, 6.07) is 11.9. The number of hydrogen-bond donors (Lipinski definition) is 1. The minimum atomic E-state index is -0.343. The maximum atomic E-state index is 12.9. The summed E-state index contributed by atoms with van der Waals surface area (Å²) in [4.78, 5) is 0. The highest BCUT2D eigenvalue weighted by Crippen LogP contribution is 2.27. The van der Waals surface area contributed by atoms with Gasteiger partial charge in [0, 0.05) is 11.1 Å². The summed E-state index contributed by atoms with van der Waals surface area (Å²) >= 11 is 11.8. The number of anilines is 1. The topological polar surface area (TPSA) is 12.0 Å². The Kier molecular flexibility index (Phi) is 4.10. The molecule has 0 aliphatic heterocycles. The smallest absolute Gasteiger partial charge is 0.124 e. The Morgan fingerprint density at radius 3 is 2.33 bits per heavy atom. The van der Waals surface area contributed by atoms with Crippen LogP contribution in [0.4, 0.5) is 10.1 Å². The highest BCUT2D eigenvalue weighted by Gasteiger charge is 2.08. The Hall–Kier alpha value is -1.25. The van der Waals surface area contributed by atoms with Crippen LogP contribution in [0.3, 0.4) is 0 Å². The van der Waals surface area contributed by atoms with Crippen molar-refractivity contribution >= 4 is 28.9 Å². The van der Waals surface area contributed by atoms with Crippen LogP contribution < -0.4 is 5.32 Å². The van der Waals surface area contributed by atoms with E-state index in [1.807, 2.05) is 31.2 Å². The van der Waals surface area contributed by atoms with Crippen molar-refractivity contribution in [3.05, 3.63) is 63.9 Å². The number of halogens is 3. The Morgan fingerprint density at radius 2 is 1.72 bits per heavy atom. The third-order valence-electron chi connectivity index (χ3n) is 2.67. The predicted octanol–water partition coefficient (Wildman–Crippen LogP) is 5.31. The molecule has 1 unspecified atom stereocenters. The lowest BCUT2D eigenvalue weighted by atomic mass is 10.1. The fourth-order valence-electron chi connectivity index (χ4n) is 1.67. The minimum Gasteiger partial charge on any atom is -0.377 e. The van der Waals surface area contributed by atoms with Crippen LogP contribution in [0, 0.1) is 5.82 Å². The van der Waals surface area contributed by atoms with Crippen molar-refractivity contribution in [2.45, 2.75) is 13.0 Å². The lowest BCUT2D eigenvalue weighted by Crippen LogP contribution is -2.06. The zero-order valence-electron chi connectivity index (χ0n) is 9.75. The van der Waals surface area contributed by atoms with Crippen LogP contribution in [-0.4, -0.2) is 0 Å². The van der Waals surface area contributed by atoms with E-state index in [0.29, 0.717) is 15.7 Å². The third kappa shape index (κ3) is 3.15. The molecule has 0 heterocycles. The third-order valence-corrected chi connectivity index (χ3v) is 3.24. The van der Waals surface area contributed by atoms with Crippen LogP contribution in [0.2, 0.25) is 10.0 Å². The molecule has 0 bridgehead atoms. The summed E-state index contributed by atoms with van der Waals surface area (Å²) in [6.07, 6.45) is 0. The monoisotopic (exact) mass is 283 g/mol. The van der Waals surface area contributed by atoms with Crippen LogP contribution >= 0.6 is 23.2 Å². The predicted molar refractivity (Wildman–Crippen MR) is 74.9 cm³/mol. The molecule has 94 valence electrons. The van der Waals surface area contributed by atoms with E-state index in [2.05, 4.69) is 5.32 Å². The number of hydrogen-bond acceptors (Lipinski definition) is 1. The van der Waals surface area contributed by atoms with Crippen LogP contribution in [-0.2, 0) is 0 Å². The molecule has 0 aliphatic rings. The van der Waals surface area contributed by atoms with Crippen molar-refractivity contribution in [1.29, 1.82) is 0 Å². The van der Waals surface area contributed by atoms with E-state index in [4.69, 9.17) is 23.2 Å². The fraction of sp³-hybridized carbons (Fsp3) is 0.143. The summed E-state index contributed by atoms with van der Waals surface area (Å²) in [5.41, 5.74) is 1.79. The van der Waals surface area contributed by atoms with Gasteiger partial charge in [0.1, 0.15) is 5.82 Å². The molecular formula is C14H12Cl2FN. The van der Waals surface area contributed by atoms with Gasteiger partial charge in [-0.2, -0.15) is 0 Å². The quantitative estimate of drug-likeness (QED) is 0.805. The van der Waals surface area contributed by atoms with Crippen molar-refractivity contribution in [3.63, 3.8) is 0 Å². The normalized spacial score (nSPS) is 12.2. The molecule has 0 radical (unpaired) electrons. The Morgan fingerprint density at radius 1 is 1.06 bits per heavy atom. The van der Waals surface area contributed by atoms with E-state index in [9.17, 15) is 4.39 Å². The molecule has 1 atom stereocenters. The van der Waals surface area contributed by atoms with Gasteiger partial charge in [-0.25, -0.2) is 4.39 Å². The summed E-state index contributed by atoms with van der Waals surface area (Å²) in [7, 11) is 0. The molecule has 4 heteroatoms. The van der Waals surface area contributed by atoms with Crippen molar-refractivity contribution in [1.82, 2.24) is 0 Å². The van der Waals surface area contributed by atoms with Gasteiger partial charge in [0.15, 0.2) is 0 Å². The summed E-state index contributed by atoms with van der Waals surface area (Å²) in [5, 5.41) is 4.30. The van der Waals surface area contributed by atoms with Gasteiger partial charge in [0.2, 0.25) is 0 Å². The molecule has 2 rings (SSSR count). The van der Waals surface area contributed by atoms with Gasteiger partial charge in [-0.15, -0.1) is 0 Å². The van der Waals surface area contributed by atoms with Gasteiger partial charge in [0.05, 0.1) is 10.7 Å². The van der Waals surface area contributed by atoms with Gasteiger partial charge in [-0.3, -0.25) is 0 Å². The minimum absolute atomic E-state index is 0.0604. The van der Waals surface area contributed by atoms with E-state index in [1.54, 1.807) is 6.07 Å². The zero-order chi connectivity index (χ0) is 13.1. The maximum absolute atomic E-state index is 12.9. The van der Waals surface area contributed by atoms with Gasteiger partial charge in [-0.05, 0) is 42.8 Å². The van der Waals surface area contributed by atoms with Gasteiger partial charge >= 0.3 is 0 Å². The number of rotatable bonds is 3. The molecule has 0 saturated carbocycles. The fourth-order valence-corrected chi connectivity index (χ4v) is 2.02. The van der Waals surface area contributed by atoms with E-state index in [0.717, 1.165) is 5.56 Å². The molecule has 0 fully saturated rings. The molecule has 1 nitrogen and oxygen atoms in total. The van der Waals surface area contributed by atoms with Gasteiger partial charge in [-0.1, -0.05) is 35.3 Å². The SMILES string of the molecule is CC(Nc1ccc(F)cc1Cl)c1ccc(Cl)cc1. The Balaban J connectivity index is 2.15. The van der Waals surface area contributed by atoms with Crippen molar-refractivity contribution in [3.8, 4) is 0 Å². The molecule has 0 spiro atoms. The molecule has 0 aliphatic carbocycles. The first kappa shape index (κ1) is 13.2. The maximum Gasteiger partial charge on any atom is 0.124 e. The number of benzene rings is 2. The molecule has 18 heavy (non-hydrogen) atoms. The van der Waals surface area contributed by atoms with Crippen molar-refractivity contribution in [2.24, 2.45) is 0 Å². The molecule has 1 N–H and O–H groups in total.